The average molecular weight is 306 g/mol. The van der Waals surface area contributed by atoms with Crippen LogP contribution in [0.15, 0.2) is 32.9 Å². The van der Waals surface area contributed by atoms with E-state index in [9.17, 15) is 9.59 Å². The Labute approximate surface area is 121 Å². The monoisotopic (exact) mass is 306 g/mol. The van der Waals surface area contributed by atoms with E-state index in [1.54, 1.807) is 25.1 Å². The zero-order valence-corrected chi connectivity index (χ0v) is 11.7. The number of anilines is 1. The molecule has 1 amide bonds. The van der Waals surface area contributed by atoms with E-state index in [-0.39, 0.29) is 12.4 Å². The molecule has 0 radical (unpaired) electrons. The van der Waals surface area contributed by atoms with Gasteiger partial charge in [-0.3, -0.25) is 4.79 Å². The summed E-state index contributed by atoms with van der Waals surface area (Å²) in [7, 11) is 0. The lowest BCUT2D eigenvalue weighted by Crippen LogP contribution is -2.29. The largest absolute Gasteiger partial charge is 0.369 e. The maximum atomic E-state index is 12.1. The highest BCUT2D eigenvalue weighted by Gasteiger charge is 2.13. The van der Waals surface area contributed by atoms with Crippen molar-refractivity contribution < 1.29 is 9.32 Å². The molecule has 108 valence electrons. The standard InChI is InChI=1S/C11H10N6O3S/c1-7-5-8(13-20-7)12-9(18)6-16-11(19)17(15-14-16)10-3-2-4-21-10/h2-5H,6H2,1H3,(H,12,13,18). The predicted octanol–water partition coefficient (Wildman–Crippen LogP) is 0.426. The molecule has 0 saturated carbocycles. The number of hydrogen-bond acceptors (Lipinski definition) is 7. The van der Waals surface area contributed by atoms with Gasteiger partial charge in [-0.1, -0.05) is 5.16 Å². The van der Waals surface area contributed by atoms with Crippen LogP contribution < -0.4 is 11.0 Å². The van der Waals surface area contributed by atoms with Crippen molar-refractivity contribution in [1.29, 1.82) is 0 Å². The van der Waals surface area contributed by atoms with Crippen LogP contribution in [0.25, 0.3) is 5.00 Å². The fraction of sp³-hybridized carbons (Fsp3) is 0.182. The van der Waals surface area contributed by atoms with Crippen LogP contribution in [0.4, 0.5) is 5.82 Å². The third-order valence-corrected chi connectivity index (χ3v) is 3.39. The highest BCUT2D eigenvalue weighted by molar-refractivity contribution is 7.12. The van der Waals surface area contributed by atoms with Gasteiger partial charge in [0.1, 0.15) is 17.3 Å². The second-order valence-corrected chi connectivity index (χ2v) is 5.08. The van der Waals surface area contributed by atoms with Gasteiger partial charge in [0.15, 0.2) is 5.82 Å². The Morgan fingerprint density at radius 3 is 3.00 bits per heavy atom. The van der Waals surface area contributed by atoms with Gasteiger partial charge in [-0.15, -0.1) is 11.3 Å². The lowest BCUT2D eigenvalue weighted by molar-refractivity contribution is -0.117. The van der Waals surface area contributed by atoms with Crippen LogP contribution in [-0.4, -0.2) is 30.9 Å². The molecule has 3 aromatic rings. The normalized spacial score (nSPS) is 10.7. The molecular formula is C11H10N6O3S. The van der Waals surface area contributed by atoms with Crippen molar-refractivity contribution in [1.82, 2.24) is 24.9 Å². The first-order valence-electron chi connectivity index (χ1n) is 5.93. The van der Waals surface area contributed by atoms with Crippen LogP contribution in [0, 0.1) is 6.92 Å². The summed E-state index contributed by atoms with van der Waals surface area (Å²) in [6, 6.07) is 5.11. The molecule has 0 fully saturated rings. The van der Waals surface area contributed by atoms with E-state index in [1.165, 1.54) is 11.3 Å². The molecule has 21 heavy (non-hydrogen) atoms. The van der Waals surface area contributed by atoms with Gasteiger partial charge in [0.2, 0.25) is 5.91 Å². The number of hydrogen-bond donors (Lipinski definition) is 1. The number of carbonyl (C=O) groups is 1. The summed E-state index contributed by atoms with van der Waals surface area (Å²) < 4.78 is 6.94. The fourth-order valence-electron chi connectivity index (χ4n) is 1.65. The Bertz CT molecular complexity index is 815. The third kappa shape index (κ3) is 2.74. The van der Waals surface area contributed by atoms with Crippen LogP contribution in [0.2, 0.25) is 0 Å². The van der Waals surface area contributed by atoms with Crippen molar-refractivity contribution in [3.05, 3.63) is 39.8 Å². The minimum atomic E-state index is -0.482. The molecule has 10 heteroatoms. The molecule has 0 atom stereocenters. The number of thiophene rings is 1. The maximum absolute atomic E-state index is 12.1. The minimum Gasteiger partial charge on any atom is -0.360 e. The number of nitrogens with zero attached hydrogens (tertiary/aromatic N) is 5. The molecule has 0 saturated heterocycles. The SMILES string of the molecule is Cc1cc(NC(=O)Cn2nnn(-c3cccs3)c2=O)no1. The second kappa shape index (κ2) is 5.32. The molecule has 0 aromatic carbocycles. The number of amides is 1. The van der Waals surface area contributed by atoms with Gasteiger partial charge in [0.05, 0.1) is 0 Å². The molecule has 0 aliphatic rings. The van der Waals surface area contributed by atoms with Crippen molar-refractivity contribution in [3.63, 3.8) is 0 Å². The average Bonchev–Trinajstić information content (AvgIpc) is 3.14. The number of aryl methyl sites for hydroxylation is 1. The molecule has 3 heterocycles. The van der Waals surface area contributed by atoms with Gasteiger partial charge < -0.3 is 9.84 Å². The van der Waals surface area contributed by atoms with Gasteiger partial charge in [0, 0.05) is 6.07 Å². The number of tetrazole rings is 1. The summed E-state index contributed by atoms with van der Waals surface area (Å²) in [6.07, 6.45) is 0. The van der Waals surface area contributed by atoms with Crippen molar-refractivity contribution in [2.45, 2.75) is 13.5 Å². The van der Waals surface area contributed by atoms with E-state index in [4.69, 9.17) is 4.52 Å². The number of rotatable bonds is 4. The highest BCUT2D eigenvalue weighted by Crippen LogP contribution is 2.10. The number of carbonyl (C=O) groups excluding carboxylic acids is 1. The number of nitrogens with one attached hydrogen (secondary N) is 1. The Morgan fingerprint density at radius 1 is 1.48 bits per heavy atom. The minimum absolute atomic E-state index is 0.254. The van der Waals surface area contributed by atoms with Gasteiger partial charge in [-0.2, -0.15) is 9.36 Å². The van der Waals surface area contributed by atoms with E-state index < -0.39 is 11.6 Å². The topological polar surface area (TPSA) is 108 Å². The van der Waals surface area contributed by atoms with Crippen molar-refractivity contribution in [2.75, 3.05) is 5.32 Å². The Morgan fingerprint density at radius 2 is 2.33 bits per heavy atom. The molecule has 3 aromatic heterocycles. The predicted molar refractivity (Wildman–Crippen MR) is 73.4 cm³/mol. The van der Waals surface area contributed by atoms with Crippen LogP contribution in [0.3, 0.4) is 0 Å². The smallest absolute Gasteiger partial charge is 0.360 e. The van der Waals surface area contributed by atoms with Crippen LogP contribution in [-0.2, 0) is 11.3 Å². The molecule has 0 aliphatic carbocycles. The van der Waals surface area contributed by atoms with Crippen molar-refractivity contribution in [3.8, 4) is 5.00 Å². The lowest BCUT2D eigenvalue weighted by Gasteiger charge is -1.99. The first-order chi connectivity index (χ1) is 10.1. The van der Waals surface area contributed by atoms with Gasteiger partial charge in [0.25, 0.3) is 0 Å². The summed E-state index contributed by atoms with van der Waals surface area (Å²) in [6.45, 7) is 1.45. The first kappa shape index (κ1) is 13.2. The maximum Gasteiger partial charge on any atom is 0.369 e. The molecule has 0 unspecified atom stereocenters. The van der Waals surface area contributed by atoms with Gasteiger partial charge in [-0.25, -0.2) is 4.79 Å². The quantitative estimate of drug-likeness (QED) is 0.748. The molecule has 0 spiro atoms. The van der Waals surface area contributed by atoms with E-state index in [2.05, 4.69) is 20.9 Å². The summed E-state index contributed by atoms with van der Waals surface area (Å²) in [5.41, 5.74) is -0.482. The summed E-state index contributed by atoms with van der Waals surface area (Å²) in [5, 5.41) is 16.0. The van der Waals surface area contributed by atoms with E-state index in [0.717, 1.165) is 9.36 Å². The Hall–Kier alpha value is -2.75. The van der Waals surface area contributed by atoms with E-state index in [1.807, 2.05) is 5.38 Å². The first-order valence-corrected chi connectivity index (χ1v) is 6.81. The molecule has 0 aliphatic heterocycles. The zero-order chi connectivity index (χ0) is 14.8. The Kier molecular flexibility index (Phi) is 3.36. The molecule has 0 bridgehead atoms. The molecule has 9 nitrogen and oxygen atoms in total. The molecule has 3 rings (SSSR count). The molecule has 1 N–H and O–H groups in total. The lowest BCUT2D eigenvalue weighted by atomic mass is 10.5. The second-order valence-electron chi connectivity index (χ2n) is 4.15. The Balaban J connectivity index is 1.74. The van der Waals surface area contributed by atoms with Crippen molar-refractivity contribution in [2.24, 2.45) is 0 Å². The number of aromatic nitrogens is 5. The summed E-state index contributed by atoms with van der Waals surface area (Å²) in [5.74, 6) is 0.422. The highest BCUT2D eigenvalue weighted by atomic mass is 32.1. The van der Waals surface area contributed by atoms with Crippen LogP contribution in [0.1, 0.15) is 5.76 Å². The van der Waals surface area contributed by atoms with Crippen LogP contribution in [0.5, 0.6) is 0 Å². The molecular weight excluding hydrogens is 296 g/mol. The van der Waals surface area contributed by atoms with E-state index in [0.29, 0.717) is 10.8 Å². The van der Waals surface area contributed by atoms with Crippen LogP contribution >= 0.6 is 11.3 Å². The summed E-state index contributed by atoms with van der Waals surface area (Å²) >= 11 is 1.35. The zero-order valence-electron chi connectivity index (χ0n) is 10.9. The summed E-state index contributed by atoms with van der Waals surface area (Å²) in [4.78, 5) is 23.9. The van der Waals surface area contributed by atoms with Gasteiger partial charge >= 0.3 is 5.69 Å². The third-order valence-electron chi connectivity index (χ3n) is 2.54. The van der Waals surface area contributed by atoms with Gasteiger partial charge in [-0.05, 0) is 34.9 Å². The van der Waals surface area contributed by atoms with Crippen molar-refractivity contribution >= 4 is 23.1 Å². The fourth-order valence-corrected chi connectivity index (χ4v) is 2.31. The van der Waals surface area contributed by atoms with E-state index >= 15 is 0 Å².